The summed E-state index contributed by atoms with van der Waals surface area (Å²) in [6.07, 6.45) is 5.90. The molecule has 2 rings (SSSR count). The lowest BCUT2D eigenvalue weighted by Gasteiger charge is -2.08. The second-order valence-electron chi connectivity index (χ2n) is 5.27. The molecule has 0 spiro atoms. The molecule has 2 unspecified atom stereocenters. The van der Waals surface area contributed by atoms with Crippen molar-refractivity contribution in [3.05, 3.63) is 49.1 Å². The second-order valence-corrected chi connectivity index (χ2v) is 6.17. The van der Waals surface area contributed by atoms with Gasteiger partial charge in [0, 0.05) is 0 Å². The van der Waals surface area contributed by atoms with E-state index >= 15 is 0 Å². The molecule has 7 heteroatoms. The van der Waals surface area contributed by atoms with Crippen LogP contribution < -0.4 is 14.8 Å². The van der Waals surface area contributed by atoms with Gasteiger partial charge in [-0.25, -0.2) is 4.57 Å². The Morgan fingerprint density at radius 3 is 2.35 bits per heavy atom. The van der Waals surface area contributed by atoms with Crippen molar-refractivity contribution in [2.45, 2.75) is 32.9 Å². The zero-order chi connectivity index (χ0) is 17.2. The van der Waals surface area contributed by atoms with Gasteiger partial charge in [0.2, 0.25) is 6.33 Å². The summed E-state index contributed by atoms with van der Waals surface area (Å²) >= 11 is 0. The van der Waals surface area contributed by atoms with Crippen molar-refractivity contribution in [3.63, 3.8) is 0 Å². The van der Waals surface area contributed by atoms with Gasteiger partial charge in [-0.3, -0.25) is 4.79 Å². The average molecular weight is 338 g/mol. The van der Waals surface area contributed by atoms with Gasteiger partial charge < -0.3 is 15.0 Å². The van der Waals surface area contributed by atoms with E-state index < -0.39 is 6.04 Å². The van der Waals surface area contributed by atoms with Gasteiger partial charge in [-0.1, -0.05) is 18.2 Å². The first-order valence-corrected chi connectivity index (χ1v) is 8.21. The molecule has 0 fully saturated rings. The molecule has 0 aliphatic rings. The molecule has 0 radical (unpaired) electrons. The van der Waals surface area contributed by atoms with Gasteiger partial charge in [-0.05, 0) is 32.9 Å². The van der Waals surface area contributed by atoms with Crippen molar-refractivity contribution >= 4 is 14.9 Å². The summed E-state index contributed by atoms with van der Waals surface area (Å²) in [5, 5.41) is 0. The minimum atomic E-state index is -0.507. The molecule has 126 valence electrons. The fourth-order valence-corrected chi connectivity index (χ4v) is 2.14. The fraction of sp³-hybridized carbons (Fsp3) is 0.375. The van der Waals surface area contributed by atoms with Crippen LogP contribution in [-0.4, -0.2) is 22.5 Å². The van der Waals surface area contributed by atoms with Crippen molar-refractivity contribution in [1.29, 1.82) is 0 Å². The Balaban J connectivity index is 0.000000257. The lowest BCUT2D eigenvalue weighted by atomic mass is 10.3. The third-order valence-corrected chi connectivity index (χ3v) is 3.31. The van der Waals surface area contributed by atoms with Crippen LogP contribution in [0.4, 0.5) is 0 Å². The molecule has 0 aliphatic heterocycles. The summed E-state index contributed by atoms with van der Waals surface area (Å²) in [7, 11) is 2.29. The fourth-order valence-electron chi connectivity index (χ4n) is 1.44. The van der Waals surface area contributed by atoms with E-state index in [4.69, 9.17) is 15.0 Å². The van der Waals surface area contributed by atoms with Crippen molar-refractivity contribution in [1.82, 2.24) is 4.34 Å². The number of nitrogens with zero attached hydrogens (tertiary/aromatic N) is 2. The summed E-state index contributed by atoms with van der Waals surface area (Å²) in [4.78, 5) is 10.6. The van der Waals surface area contributed by atoms with Crippen LogP contribution in [0.25, 0.3) is 0 Å². The van der Waals surface area contributed by atoms with Gasteiger partial charge in [-0.2, -0.15) is 4.34 Å². The number of imidazole rings is 1. The van der Waals surface area contributed by atoms with Crippen LogP contribution >= 0.6 is 8.96 Å². The first-order valence-electron chi connectivity index (χ1n) is 7.35. The Morgan fingerprint density at radius 2 is 1.91 bits per heavy atom. The quantitative estimate of drug-likeness (QED) is 0.514. The van der Waals surface area contributed by atoms with Gasteiger partial charge in [0.25, 0.3) is 8.96 Å². The molecular formula is C16H25N3O3P+. The highest BCUT2D eigenvalue weighted by atomic mass is 31.1. The molecule has 0 bridgehead atoms. The van der Waals surface area contributed by atoms with E-state index in [1.54, 1.807) is 20.8 Å². The molecule has 1 heterocycles. The van der Waals surface area contributed by atoms with Gasteiger partial charge in [0.15, 0.2) is 0 Å². The predicted octanol–water partition coefficient (Wildman–Crippen LogP) is 2.03. The molecular weight excluding hydrogens is 313 g/mol. The summed E-state index contributed by atoms with van der Waals surface area (Å²) in [6.45, 7) is 5.19. The number of carbonyl (C=O) groups is 1. The smallest absolute Gasteiger partial charge is 0.322 e. The minimum Gasteiger partial charge on any atom is -0.462 e. The molecule has 1 aromatic heterocycles. The van der Waals surface area contributed by atoms with Gasteiger partial charge in [0.1, 0.15) is 24.2 Å². The van der Waals surface area contributed by atoms with Crippen LogP contribution in [-0.2, 0) is 16.6 Å². The number of nitrogens with two attached hydrogens (primary N) is 1. The number of hydrogen-bond acceptors (Lipinski definition) is 4. The first kappa shape index (κ1) is 19.1. The monoisotopic (exact) mass is 338 g/mol. The van der Waals surface area contributed by atoms with E-state index in [1.807, 2.05) is 65.0 Å². The van der Waals surface area contributed by atoms with E-state index in [2.05, 4.69) is 0 Å². The highest BCUT2D eigenvalue weighted by molar-refractivity contribution is 7.30. The van der Waals surface area contributed by atoms with Gasteiger partial charge in [-0.15, -0.1) is 0 Å². The molecule has 2 atom stereocenters. The number of esters is 1. The predicted molar refractivity (Wildman–Crippen MR) is 91.3 cm³/mol. The molecule has 23 heavy (non-hydrogen) atoms. The topological polar surface area (TPSA) is 70.4 Å². The minimum absolute atomic E-state index is 0.0662. The van der Waals surface area contributed by atoms with Crippen LogP contribution in [0.5, 0.6) is 5.75 Å². The maximum absolute atomic E-state index is 10.6. The summed E-state index contributed by atoms with van der Waals surface area (Å²) in [6, 6.07) is 9.32. The van der Waals surface area contributed by atoms with E-state index in [1.165, 1.54) is 0 Å². The number of aromatic nitrogens is 2. The van der Waals surface area contributed by atoms with Gasteiger partial charge >= 0.3 is 5.97 Å². The number of benzene rings is 1. The standard InChI is InChI=1S/C10H12N2OP.C6H13NO2/c1-11-7-8-12(9-11)14-13-10-5-3-2-4-6-10;1-4(2)9-6(8)5(3)7/h2-9,14H,1H3;4-5H,7H2,1-3H3/q+1;. The summed E-state index contributed by atoms with van der Waals surface area (Å²) in [5.74, 6) is 0.562. The second kappa shape index (κ2) is 9.98. The Morgan fingerprint density at radius 1 is 1.26 bits per heavy atom. The number of ether oxygens (including phenoxy) is 1. The molecule has 0 saturated heterocycles. The van der Waals surface area contributed by atoms with Crippen LogP contribution in [0.2, 0.25) is 0 Å². The van der Waals surface area contributed by atoms with Crippen molar-refractivity contribution in [2.75, 3.05) is 0 Å². The maximum Gasteiger partial charge on any atom is 0.322 e. The van der Waals surface area contributed by atoms with Crippen LogP contribution in [0.1, 0.15) is 20.8 Å². The number of hydrogen-bond donors (Lipinski definition) is 1. The van der Waals surface area contributed by atoms with Crippen molar-refractivity contribution in [2.24, 2.45) is 12.8 Å². The zero-order valence-electron chi connectivity index (χ0n) is 14.0. The highest BCUT2D eigenvalue weighted by Gasteiger charge is 2.09. The maximum atomic E-state index is 10.6. The van der Waals surface area contributed by atoms with Gasteiger partial charge in [0.05, 0.1) is 13.2 Å². The largest absolute Gasteiger partial charge is 0.462 e. The zero-order valence-corrected chi connectivity index (χ0v) is 15.0. The third kappa shape index (κ3) is 8.33. The normalized spacial score (nSPS) is 11.9. The summed E-state index contributed by atoms with van der Waals surface area (Å²) < 4.78 is 14.3. The van der Waals surface area contributed by atoms with Crippen LogP contribution in [0, 0.1) is 0 Å². The van der Waals surface area contributed by atoms with E-state index in [0.717, 1.165) is 5.75 Å². The Kier molecular flexibility index (Phi) is 8.30. The van der Waals surface area contributed by atoms with Crippen molar-refractivity contribution in [3.8, 4) is 5.75 Å². The lowest BCUT2D eigenvalue weighted by molar-refractivity contribution is -0.670. The van der Waals surface area contributed by atoms with E-state index in [9.17, 15) is 4.79 Å². The Labute approximate surface area is 139 Å². The Bertz CT molecular complexity index is 585. The SMILES string of the molecule is CC(C)OC(=O)C(C)N.C[n+]1ccn(POc2ccccc2)c1. The van der Waals surface area contributed by atoms with Crippen LogP contribution in [0.3, 0.4) is 0 Å². The van der Waals surface area contributed by atoms with E-state index in [0.29, 0.717) is 8.96 Å². The number of carbonyl (C=O) groups excluding carboxylic acids is 1. The number of rotatable bonds is 5. The molecule has 6 nitrogen and oxygen atoms in total. The van der Waals surface area contributed by atoms with Crippen molar-refractivity contribution < 1.29 is 18.6 Å². The van der Waals surface area contributed by atoms with E-state index in [-0.39, 0.29) is 12.1 Å². The van der Waals surface area contributed by atoms with Crippen LogP contribution in [0.15, 0.2) is 49.1 Å². The summed E-state index contributed by atoms with van der Waals surface area (Å²) in [5.41, 5.74) is 5.21. The lowest BCUT2D eigenvalue weighted by Crippen LogP contribution is -2.30. The average Bonchev–Trinajstić information content (AvgIpc) is 2.92. The first-order chi connectivity index (χ1) is 10.9. The molecule has 0 amide bonds. The molecule has 0 saturated carbocycles. The number of para-hydroxylation sites is 1. The third-order valence-electron chi connectivity index (χ3n) is 2.50. The molecule has 0 aliphatic carbocycles. The molecule has 2 N–H and O–H groups in total. The Hall–Kier alpha value is -1.91. The number of aryl methyl sites for hydroxylation is 1. The molecule has 1 aromatic carbocycles. The molecule has 2 aromatic rings. The highest BCUT2D eigenvalue weighted by Crippen LogP contribution is 2.20.